The van der Waals surface area contributed by atoms with E-state index in [1.165, 1.54) is 70.6 Å². The van der Waals surface area contributed by atoms with Gasteiger partial charge in [0.1, 0.15) is 0 Å². The highest BCUT2D eigenvalue weighted by atomic mass is 31.2. The Morgan fingerprint density at radius 1 is 0.714 bits per heavy atom. The van der Waals surface area contributed by atoms with Crippen molar-refractivity contribution in [2.75, 3.05) is 12.8 Å². The Labute approximate surface area is 172 Å². The van der Waals surface area contributed by atoms with Crippen molar-refractivity contribution in [1.29, 1.82) is 0 Å². The lowest BCUT2D eigenvalue weighted by Gasteiger charge is -2.05. The quantitative estimate of drug-likeness (QED) is 0.102. The summed E-state index contributed by atoms with van der Waals surface area (Å²) in [6.07, 6.45) is 18.9. The maximum absolute atomic E-state index is 11.2. The van der Waals surface area contributed by atoms with Gasteiger partial charge in [-0.15, -0.1) is 0 Å². The zero-order chi connectivity index (χ0) is 21.1. The van der Waals surface area contributed by atoms with Crippen LogP contribution in [0.3, 0.4) is 0 Å². The van der Waals surface area contributed by atoms with Crippen molar-refractivity contribution in [3.8, 4) is 0 Å². The number of rotatable bonds is 20. The SMILES string of the molecule is C=C(C)C(=O)OCCCCCCCCCCCCCCCCCCP(=O)(O)O. The fraction of sp³-hybridized carbons (Fsp3) is 0.864. The molecule has 0 heterocycles. The van der Waals surface area contributed by atoms with E-state index < -0.39 is 7.60 Å². The van der Waals surface area contributed by atoms with Gasteiger partial charge < -0.3 is 14.5 Å². The third-order valence-electron chi connectivity index (χ3n) is 4.93. The Kier molecular flexibility index (Phi) is 18.0. The van der Waals surface area contributed by atoms with Crippen LogP contribution in [0.4, 0.5) is 0 Å². The minimum Gasteiger partial charge on any atom is -0.462 e. The molecule has 0 bridgehead atoms. The normalized spacial score (nSPS) is 11.5. The van der Waals surface area contributed by atoms with E-state index in [0.717, 1.165) is 25.7 Å². The zero-order valence-electron chi connectivity index (χ0n) is 18.0. The van der Waals surface area contributed by atoms with Gasteiger partial charge in [0.2, 0.25) is 0 Å². The monoisotopic (exact) mass is 418 g/mol. The molecule has 0 aliphatic carbocycles. The lowest BCUT2D eigenvalue weighted by molar-refractivity contribution is -0.139. The van der Waals surface area contributed by atoms with Gasteiger partial charge in [-0.2, -0.15) is 0 Å². The average molecular weight is 419 g/mol. The highest BCUT2D eigenvalue weighted by Crippen LogP contribution is 2.35. The molecule has 2 N–H and O–H groups in total. The first-order chi connectivity index (χ1) is 13.3. The number of esters is 1. The number of hydrogen-bond donors (Lipinski definition) is 2. The second kappa shape index (κ2) is 18.4. The molecule has 5 nitrogen and oxygen atoms in total. The van der Waals surface area contributed by atoms with Crippen molar-refractivity contribution in [2.24, 2.45) is 0 Å². The summed E-state index contributed by atoms with van der Waals surface area (Å²) < 4.78 is 15.8. The third kappa shape index (κ3) is 21.7. The Morgan fingerprint density at radius 3 is 1.36 bits per heavy atom. The van der Waals surface area contributed by atoms with Crippen molar-refractivity contribution in [2.45, 2.75) is 110 Å². The number of hydrogen-bond acceptors (Lipinski definition) is 3. The summed E-state index contributed by atoms with van der Waals surface area (Å²) in [5.74, 6) is -0.279. The fourth-order valence-electron chi connectivity index (χ4n) is 3.18. The first-order valence-corrected chi connectivity index (χ1v) is 13.0. The number of carbonyl (C=O) groups is 1. The Bertz CT molecular complexity index is 444. The van der Waals surface area contributed by atoms with Gasteiger partial charge in [0.25, 0.3) is 0 Å². The van der Waals surface area contributed by atoms with Crippen LogP contribution in [0, 0.1) is 0 Å². The van der Waals surface area contributed by atoms with Crippen molar-refractivity contribution in [3.05, 3.63) is 12.2 Å². The van der Waals surface area contributed by atoms with E-state index in [1.807, 2.05) is 0 Å². The van der Waals surface area contributed by atoms with Crippen LogP contribution in [0.2, 0.25) is 0 Å². The minimum absolute atomic E-state index is 0.0396. The van der Waals surface area contributed by atoms with E-state index in [4.69, 9.17) is 14.5 Å². The molecule has 0 aromatic rings. The molecule has 0 spiro atoms. The number of unbranched alkanes of at least 4 members (excludes halogenated alkanes) is 15. The van der Waals surface area contributed by atoms with Gasteiger partial charge in [0.15, 0.2) is 0 Å². The van der Waals surface area contributed by atoms with Crippen LogP contribution in [0.5, 0.6) is 0 Å². The molecule has 6 heteroatoms. The summed E-state index contributed by atoms with van der Waals surface area (Å²) in [5, 5.41) is 0. The van der Waals surface area contributed by atoms with Crippen molar-refractivity contribution < 1.29 is 23.9 Å². The predicted molar refractivity (Wildman–Crippen MR) is 117 cm³/mol. The van der Waals surface area contributed by atoms with Crippen LogP contribution in [-0.2, 0) is 14.1 Å². The molecule has 0 saturated heterocycles. The van der Waals surface area contributed by atoms with E-state index in [-0.39, 0.29) is 12.1 Å². The van der Waals surface area contributed by atoms with Gasteiger partial charge in [-0.25, -0.2) is 4.79 Å². The van der Waals surface area contributed by atoms with E-state index in [2.05, 4.69) is 6.58 Å². The van der Waals surface area contributed by atoms with Gasteiger partial charge in [-0.3, -0.25) is 4.57 Å². The largest absolute Gasteiger partial charge is 0.462 e. The summed E-state index contributed by atoms with van der Waals surface area (Å²) in [4.78, 5) is 28.8. The summed E-state index contributed by atoms with van der Waals surface area (Å²) in [6.45, 7) is 5.75. The molecule has 0 fully saturated rings. The molecular formula is C22H43O5P. The van der Waals surface area contributed by atoms with Gasteiger partial charge in [0.05, 0.1) is 6.61 Å². The molecule has 0 saturated carbocycles. The van der Waals surface area contributed by atoms with Crippen LogP contribution < -0.4 is 0 Å². The fourth-order valence-corrected chi connectivity index (χ4v) is 3.82. The van der Waals surface area contributed by atoms with Crippen molar-refractivity contribution in [1.82, 2.24) is 0 Å². The maximum atomic E-state index is 11.2. The zero-order valence-corrected chi connectivity index (χ0v) is 18.9. The lowest BCUT2D eigenvalue weighted by atomic mass is 10.0. The summed E-state index contributed by atoms with van der Waals surface area (Å²) in [5.41, 5.74) is 0.469. The summed E-state index contributed by atoms with van der Waals surface area (Å²) in [7, 11) is -3.78. The minimum atomic E-state index is -3.78. The summed E-state index contributed by atoms with van der Waals surface area (Å²) in [6, 6.07) is 0. The van der Waals surface area contributed by atoms with E-state index in [1.54, 1.807) is 6.92 Å². The molecule has 0 atom stereocenters. The molecule has 0 amide bonds. The second-order valence-corrected chi connectivity index (χ2v) is 9.74. The van der Waals surface area contributed by atoms with Crippen LogP contribution in [0.1, 0.15) is 110 Å². The first-order valence-electron chi connectivity index (χ1n) is 11.2. The molecule has 166 valence electrons. The molecule has 0 radical (unpaired) electrons. The Balaban J connectivity index is 3.11. The standard InChI is InChI=1S/C22H43O5P/c1-21(2)22(23)27-19-17-15-13-11-9-7-5-3-4-6-8-10-12-14-16-18-20-28(24,25)26/h1,3-20H2,2H3,(H2,24,25,26). The lowest BCUT2D eigenvalue weighted by Crippen LogP contribution is -2.05. The number of ether oxygens (including phenoxy) is 1. The van der Waals surface area contributed by atoms with Gasteiger partial charge >= 0.3 is 13.6 Å². The van der Waals surface area contributed by atoms with Gasteiger partial charge in [-0.05, 0) is 19.8 Å². The van der Waals surface area contributed by atoms with Crippen molar-refractivity contribution >= 4 is 13.6 Å². The molecule has 28 heavy (non-hydrogen) atoms. The number of carbonyl (C=O) groups excluding carboxylic acids is 1. The highest BCUT2D eigenvalue weighted by molar-refractivity contribution is 7.51. The molecule has 0 rings (SSSR count). The van der Waals surface area contributed by atoms with E-state index >= 15 is 0 Å². The third-order valence-corrected chi connectivity index (χ3v) is 5.82. The smallest absolute Gasteiger partial charge is 0.333 e. The van der Waals surface area contributed by atoms with Gasteiger partial charge in [0, 0.05) is 11.7 Å². The van der Waals surface area contributed by atoms with E-state index in [9.17, 15) is 9.36 Å². The van der Waals surface area contributed by atoms with Crippen LogP contribution in [-0.4, -0.2) is 28.5 Å². The molecule has 0 aromatic heterocycles. The van der Waals surface area contributed by atoms with E-state index in [0.29, 0.717) is 18.6 Å². The maximum Gasteiger partial charge on any atom is 0.333 e. The second-order valence-electron chi connectivity index (χ2n) is 7.96. The summed E-state index contributed by atoms with van der Waals surface area (Å²) >= 11 is 0. The first kappa shape index (κ1) is 27.4. The Morgan fingerprint density at radius 2 is 1.04 bits per heavy atom. The molecule has 0 aromatic carbocycles. The highest BCUT2D eigenvalue weighted by Gasteiger charge is 2.10. The van der Waals surface area contributed by atoms with Crippen LogP contribution in [0.15, 0.2) is 12.2 Å². The topological polar surface area (TPSA) is 83.8 Å². The molecule has 0 aliphatic heterocycles. The van der Waals surface area contributed by atoms with Crippen LogP contribution in [0.25, 0.3) is 0 Å². The molecular weight excluding hydrogens is 375 g/mol. The predicted octanol–water partition coefficient (Wildman–Crippen LogP) is 6.53. The average Bonchev–Trinajstić information content (AvgIpc) is 2.62. The van der Waals surface area contributed by atoms with Gasteiger partial charge in [-0.1, -0.05) is 96.5 Å². The van der Waals surface area contributed by atoms with Crippen molar-refractivity contribution in [3.63, 3.8) is 0 Å². The van der Waals surface area contributed by atoms with Crippen LogP contribution >= 0.6 is 7.60 Å². The molecule has 0 unspecified atom stereocenters. The molecule has 0 aliphatic rings. The Hall–Kier alpha value is -0.640.